The molecule has 0 saturated carbocycles. The van der Waals surface area contributed by atoms with E-state index >= 15 is 0 Å². The maximum absolute atomic E-state index is 5.32. The average Bonchev–Trinajstić information content (AvgIpc) is 2.73. The second-order valence-corrected chi connectivity index (χ2v) is 4.11. The van der Waals surface area contributed by atoms with Crippen molar-refractivity contribution in [2.45, 2.75) is 17.8 Å². The van der Waals surface area contributed by atoms with Crippen molar-refractivity contribution in [2.75, 3.05) is 5.43 Å². The minimum Gasteiger partial charge on any atom is -0.324 e. The van der Waals surface area contributed by atoms with Crippen LogP contribution < -0.4 is 11.3 Å². The van der Waals surface area contributed by atoms with Crippen LogP contribution in [-0.2, 0) is 5.75 Å². The summed E-state index contributed by atoms with van der Waals surface area (Å²) in [5.74, 6) is 6.84. The van der Waals surface area contributed by atoms with E-state index in [9.17, 15) is 0 Å². The molecule has 0 radical (unpaired) electrons. The molecule has 2 rings (SSSR count). The molecule has 7 heteroatoms. The molecule has 2 aromatic heterocycles. The van der Waals surface area contributed by atoms with Crippen molar-refractivity contribution in [3.63, 3.8) is 0 Å². The molecule has 0 atom stereocenters. The lowest BCUT2D eigenvalue weighted by atomic mass is 10.3. The Morgan fingerprint density at radius 2 is 2.44 bits per heavy atom. The van der Waals surface area contributed by atoms with E-state index in [0.29, 0.717) is 5.75 Å². The summed E-state index contributed by atoms with van der Waals surface area (Å²) in [5.41, 5.74) is 4.36. The third-order valence-electron chi connectivity index (χ3n) is 1.91. The van der Waals surface area contributed by atoms with E-state index in [4.69, 9.17) is 5.84 Å². The Morgan fingerprint density at radius 1 is 1.56 bits per heavy atom. The number of nitrogens with zero attached hydrogens (tertiary/aromatic N) is 3. The molecule has 0 fully saturated rings. The first-order valence-corrected chi connectivity index (χ1v) is 5.70. The summed E-state index contributed by atoms with van der Waals surface area (Å²) < 4.78 is 0. The molecule has 84 valence electrons. The quantitative estimate of drug-likeness (QED) is 0.418. The molecule has 0 bridgehead atoms. The Hall–Kier alpha value is -1.60. The minimum absolute atomic E-state index is 0.715. The number of aromatic nitrogens is 4. The van der Waals surface area contributed by atoms with Crippen molar-refractivity contribution in [3.05, 3.63) is 29.8 Å². The number of nitrogen functional groups attached to an aromatic ring is 1. The smallest absolute Gasteiger partial charge is 0.208 e. The molecule has 4 N–H and O–H groups in total. The van der Waals surface area contributed by atoms with Crippen molar-refractivity contribution >= 4 is 17.4 Å². The molecule has 0 unspecified atom stereocenters. The third-order valence-corrected chi connectivity index (χ3v) is 2.79. The SMILES string of the molecule is Cc1nc(SCc2cc(NN)ccn2)n[nH]1. The fourth-order valence-electron chi connectivity index (χ4n) is 1.17. The summed E-state index contributed by atoms with van der Waals surface area (Å²) in [6.45, 7) is 1.87. The minimum atomic E-state index is 0.715. The van der Waals surface area contributed by atoms with E-state index in [1.165, 1.54) is 11.8 Å². The number of H-pyrrole nitrogens is 1. The second-order valence-electron chi connectivity index (χ2n) is 3.17. The number of hydrazine groups is 1. The van der Waals surface area contributed by atoms with Crippen LogP contribution in [-0.4, -0.2) is 20.2 Å². The van der Waals surface area contributed by atoms with Crippen LogP contribution in [0.2, 0.25) is 0 Å². The predicted molar refractivity (Wildman–Crippen MR) is 62.7 cm³/mol. The number of aryl methyl sites for hydroxylation is 1. The zero-order valence-electron chi connectivity index (χ0n) is 8.77. The number of pyridine rings is 1. The first kappa shape index (κ1) is 10.9. The molecular weight excluding hydrogens is 224 g/mol. The highest BCUT2D eigenvalue weighted by atomic mass is 32.2. The summed E-state index contributed by atoms with van der Waals surface area (Å²) in [6, 6.07) is 3.71. The standard InChI is InChI=1S/C9H12N6S/c1-6-12-9(15-14-6)16-5-8-4-7(13-10)2-3-11-8/h2-4H,5,10H2,1H3,(H,11,13)(H,12,14,15). The summed E-state index contributed by atoms with van der Waals surface area (Å²) in [7, 11) is 0. The summed E-state index contributed by atoms with van der Waals surface area (Å²) >= 11 is 1.53. The van der Waals surface area contributed by atoms with Crippen LogP contribution in [0.25, 0.3) is 0 Å². The molecular formula is C9H12N6S. The molecule has 0 aliphatic carbocycles. The van der Waals surface area contributed by atoms with Gasteiger partial charge in [-0.15, -0.1) is 5.10 Å². The number of nitrogens with two attached hydrogens (primary N) is 1. The van der Waals surface area contributed by atoms with Gasteiger partial charge in [-0.25, -0.2) is 4.98 Å². The zero-order chi connectivity index (χ0) is 11.4. The highest BCUT2D eigenvalue weighted by molar-refractivity contribution is 7.98. The first-order chi connectivity index (χ1) is 7.78. The number of hydrogen-bond acceptors (Lipinski definition) is 6. The van der Waals surface area contributed by atoms with Gasteiger partial charge in [0.2, 0.25) is 5.16 Å². The van der Waals surface area contributed by atoms with Crippen LogP contribution in [0.4, 0.5) is 5.69 Å². The second kappa shape index (κ2) is 4.95. The normalized spacial score (nSPS) is 10.4. The Balaban J connectivity index is 1.99. The fourth-order valence-corrected chi connectivity index (χ4v) is 1.92. The molecule has 2 aromatic rings. The average molecular weight is 236 g/mol. The van der Waals surface area contributed by atoms with Gasteiger partial charge in [0.15, 0.2) is 0 Å². The van der Waals surface area contributed by atoms with Crippen molar-refractivity contribution in [1.29, 1.82) is 0 Å². The van der Waals surface area contributed by atoms with Gasteiger partial charge in [-0.3, -0.25) is 15.9 Å². The van der Waals surface area contributed by atoms with Crippen molar-refractivity contribution in [1.82, 2.24) is 20.2 Å². The number of anilines is 1. The van der Waals surface area contributed by atoms with Crippen LogP contribution in [0.15, 0.2) is 23.5 Å². The summed E-state index contributed by atoms with van der Waals surface area (Å²) in [4.78, 5) is 8.42. The van der Waals surface area contributed by atoms with Gasteiger partial charge in [0.25, 0.3) is 0 Å². The highest BCUT2D eigenvalue weighted by Crippen LogP contribution is 2.18. The van der Waals surface area contributed by atoms with Crippen LogP contribution in [0.1, 0.15) is 11.5 Å². The summed E-state index contributed by atoms with van der Waals surface area (Å²) in [6.07, 6.45) is 1.72. The molecule has 0 amide bonds. The molecule has 16 heavy (non-hydrogen) atoms. The maximum Gasteiger partial charge on any atom is 0.208 e. The first-order valence-electron chi connectivity index (χ1n) is 4.71. The van der Waals surface area contributed by atoms with Crippen molar-refractivity contribution in [3.8, 4) is 0 Å². The van der Waals surface area contributed by atoms with E-state index in [2.05, 4.69) is 25.6 Å². The number of rotatable bonds is 4. The predicted octanol–water partition coefficient (Wildman–Crippen LogP) is 1.09. The molecule has 0 saturated heterocycles. The molecule has 0 spiro atoms. The Morgan fingerprint density at radius 3 is 3.12 bits per heavy atom. The molecule has 0 aliphatic rings. The monoisotopic (exact) mass is 236 g/mol. The fraction of sp³-hybridized carbons (Fsp3) is 0.222. The maximum atomic E-state index is 5.32. The van der Waals surface area contributed by atoms with Gasteiger partial charge in [0.1, 0.15) is 5.82 Å². The lowest BCUT2D eigenvalue weighted by molar-refractivity contribution is 0.968. The molecule has 0 aliphatic heterocycles. The van der Waals surface area contributed by atoms with Crippen molar-refractivity contribution < 1.29 is 0 Å². The van der Waals surface area contributed by atoms with Crippen LogP contribution in [0.3, 0.4) is 0 Å². The number of nitrogens with one attached hydrogen (secondary N) is 2. The van der Waals surface area contributed by atoms with E-state index in [-0.39, 0.29) is 0 Å². The van der Waals surface area contributed by atoms with Gasteiger partial charge in [-0.1, -0.05) is 11.8 Å². The molecule has 6 nitrogen and oxygen atoms in total. The lowest BCUT2D eigenvalue weighted by Gasteiger charge is -2.01. The van der Waals surface area contributed by atoms with Crippen LogP contribution in [0, 0.1) is 6.92 Å². The zero-order valence-corrected chi connectivity index (χ0v) is 9.58. The number of hydrogen-bond donors (Lipinski definition) is 3. The van der Waals surface area contributed by atoms with Gasteiger partial charge in [0.05, 0.1) is 11.4 Å². The van der Waals surface area contributed by atoms with Gasteiger partial charge < -0.3 is 5.43 Å². The highest BCUT2D eigenvalue weighted by Gasteiger charge is 2.02. The van der Waals surface area contributed by atoms with E-state index < -0.39 is 0 Å². The van der Waals surface area contributed by atoms with E-state index in [1.807, 2.05) is 19.1 Å². The topological polar surface area (TPSA) is 92.5 Å². The van der Waals surface area contributed by atoms with Crippen LogP contribution >= 0.6 is 11.8 Å². The third kappa shape index (κ3) is 2.71. The largest absolute Gasteiger partial charge is 0.324 e. The Labute approximate surface area is 97.0 Å². The number of thioether (sulfide) groups is 1. The van der Waals surface area contributed by atoms with E-state index in [1.54, 1.807) is 6.20 Å². The van der Waals surface area contributed by atoms with Gasteiger partial charge in [-0.2, -0.15) is 0 Å². The summed E-state index contributed by atoms with van der Waals surface area (Å²) in [5, 5.41) is 7.55. The lowest BCUT2D eigenvalue weighted by Crippen LogP contribution is -2.07. The van der Waals surface area contributed by atoms with Crippen LogP contribution in [0.5, 0.6) is 0 Å². The van der Waals surface area contributed by atoms with Gasteiger partial charge >= 0.3 is 0 Å². The Kier molecular flexibility index (Phi) is 3.37. The van der Waals surface area contributed by atoms with Gasteiger partial charge in [-0.05, 0) is 19.1 Å². The molecule has 2 heterocycles. The molecule has 0 aromatic carbocycles. The van der Waals surface area contributed by atoms with Crippen molar-refractivity contribution in [2.24, 2.45) is 5.84 Å². The Bertz CT molecular complexity index is 469. The van der Waals surface area contributed by atoms with Gasteiger partial charge in [0, 0.05) is 11.9 Å². The number of aromatic amines is 1. The van der Waals surface area contributed by atoms with E-state index in [0.717, 1.165) is 22.4 Å².